The molecule has 0 saturated heterocycles. The van der Waals surface area contributed by atoms with Gasteiger partial charge in [-0.3, -0.25) is 0 Å². The Kier molecular flexibility index (Phi) is 4.65. The van der Waals surface area contributed by atoms with Gasteiger partial charge < -0.3 is 19.4 Å². The van der Waals surface area contributed by atoms with Crippen molar-refractivity contribution in [2.24, 2.45) is 0 Å². The molecule has 7 nitrogen and oxygen atoms in total. The second-order valence-electron chi connectivity index (χ2n) is 2.88. The summed E-state index contributed by atoms with van der Waals surface area (Å²) < 4.78 is 14.0. The molecule has 0 amide bonds. The van der Waals surface area contributed by atoms with E-state index >= 15 is 0 Å². The standard InChI is InChI=1S/C10H10N2O5/c1-2-16-9(13)8(12-11)10(14)17-6-7-3-4-15-5-7/h3-5H,2,6H2,1H3. The minimum absolute atomic E-state index is 0.0624. The minimum atomic E-state index is -1.06. The van der Waals surface area contributed by atoms with Crippen molar-refractivity contribution in [2.75, 3.05) is 6.61 Å². The average molecular weight is 238 g/mol. The SMILES string of the molecule is CCOC(=O)C(=[N+]=[N-])C(=O)OCc1ccoc1. The van der Waals surface area contributed by atoms with E-state index in [1.807, 2.05) is 0 Å². The predicted octanol–water partition coefficient (Wildman–Crippen LogP) is 0.557. The first-order valence-corrected chi connectivity index (χ1v) is 4.76. The van der Waals surface area contributed by atoms with Gasteiger partial charge in [0.2, 0.25) is 0 Å². The lowest BCUT2D eigenvalue weighted by Crippen LogP contribution is -2.29. The van der Waals surface area contributed by atoms with Gasteiger partial charge >= 0.3 is 17.7 Å². The lowest BCUT2D eigenvalue weighted by atomic mass is 10.3. The molecular formula is C10H10N2O5. The Balaban J connectivity index is 2.56. The van der Waals surface area contributed by atoms with Gasteiger partial charge in [-0.2, -0.15) is 4.79 Å². The van der Waals surface area contributed by atoms with Crippen LogP contribution in [0.4, 0.5) is 0 Å². The van der Waals surface area contributed by atoms with Crippen LogP contribution in [0.3, 0.4) is 0 Å². The Morgan fingerprint density at radius 2 is 2.12 bits per heavy atom. The summed E-state index contributed by atoms with van der Waals surface area (Å²) in [5.41, 5.74) is 8.33. The fourth-order valence-corrected chi connectivity index (χ4v) is 0.956. The third-order valence-electron chi connectivity index (χ3n) is 1.71. The quantitative estimate of drug-likeness (QED) is 0.245. The molecule has 0 saturated carbocycles. The van der Waals surface area contributed by atoms with Gasteiger partial charge in [-0.15, -0.1) is 0 Å². The van der Waals surface area contributed by atoms with E-state index in [2.05, 4.69) is 9.53 Å². The van der Waals surface area contributed by atoms with E-state index in [-0.39, 0.29) is 13.2 Å². The van der Waals surface area contributed by atoms with E-state index in [0.717, 1.165) is 0 Å². The zero-order valence-electron chi connectivity index (χ0n) is 9.08. The van der Waals surface area contributed by atoms with Crippen LogP contribution in [0.5, 0.6) is 0 Å². The van der Waals surface area contributed by atoms with Crippen molar-refractivity contribution in [3.63, 3.8) is 0 Å². The number of furan rings is 1. The van der Waals surface area contributed by atoms with Crippen LogP contribution in [0.25, 0.3) is 5.53 Å². The molecule has 7 heteroatoms. The predicted molar refractivity (Wildman–Crippen MR) is 53.8 cm³/mol. The number of nitrogens with zero attached hydrogens (tertiary/aromatic N) is 2. The van der Waals surface area contributed by atoms with Crippen molar-refractivity contribution in [2.45, 2.75) is 13.5 Å². The van der Waals surface area contributed by atoms with Crippen molar-refractivity contribution < 1.29 is 28.3 Å². The van der Waals surface area contributed by atoms with Crippen molar-refractivity contribution in [3.8, 4) is 0 Å². The molecule has 0 atom stereocenters. The maximum Gasteiger partial charge on any atom is 0.482 e. The van der Waals surface area contributed by atoms with Gasteiger partial charge in [0.1, 0.15) is 6.61 Å². The van der Waals surface area contributed by atoms with Crippen LogP contribution in [-0.2, 0) is 25.7 Å². The summed E-state index contributed by atoms with van der Waals surface area (Å²) >= 11 is 0. The van der Waals surface area contributed by atoms with Crippen molar-refractivity contribution in [1.82, 2.24) is 0 Å². The van der Waals surface area contributed by atoms with Gasteiger partial charge in [0.25, 0.3) is 0 Å². The fraction of sp³-hybridized carbons (Fsp3) is 0.300. The Morgan fingerprint density at radius 1 is 1.41 bits per heavy atom. The molecule has 0 bridgehead atoms. The van der Waals surface area contributed by atoms with Crippen LogP contribution in [0.15, 0.2) is 23.0 Å². The molecule has 0 fully saturated rings. The van der Waals surface area contributed by atoms with Crippen molar-refractivity contribution in [3.05, 3.63) is 29.7 Å². The molecule has 0 unspecified atom stereocenters. The smallest absolute Gasteiger partial charge is 0.472 e. The van der Waals surface area contributed by atoms with Gasteiger partial charge in [-0.1, -0.05) is 0 Å². The summed E-state index contributed by atoms with van der Waals surface area (Å²) in [5, 5.41) is 0. The first-order valence-electron chi connectivity index (χ1n) is 4.76. The highest BCUT2D eigenvalue weighted by molar-refractivity contribution is 6.60. The Bertz CT molecular complexity index is 445. The molecule has 17 heavy (non-hydrogen) atoms. The maximum atomic E-state index is 11.3. The van der Waals surface area contributed by atoms with Gasteiger partial charge in [-0.25, -0.2) is 9.59 Å². The molecule has 1 heterocycles. The molecule has 0 aromatic carbocycles. The summed E-state index contributed by atoms with van der Waals surface area (Å²) in [7, 11) is 0. The number of rotatable bonds is 5. The molecule has 0 spiro atoms. The molecule has 0 radical (unpaired) electrons. The van der Waals surface area contributed by atoms with Crippen LogP contribution in [0, 0.1) is 0 Å². The van der Waals surface area contributed by atoms with Crippen LogP contribution in [-0.4, -0.2) is 29.0 Å². The largest absolute Gasteiger partial charge is 0.482 e. The second kappa shape index (κ2) is 6.24. The summed E-state index contributed by atoms with van der Waals surface area (Å²) in [5.74, 6) is -2.10. The topological polar surface area (TPSA) is 102 Å². The van der Waals surface area contributed by atoms with Crippen LogP contribution in [0.2, 0.25) is 0 Å². The summed E-state index contributed by atoms with van der Waals surface area (Å²) in [6, 6.07) is 1.59. The molecule has 0 aliphatic carbocycles. The van der Waals surface area contributed by atoms with E-state index < -0.39 is 17.7 Å². The van der Waals surface area contributed by atoms with Crippen molar-refractivity contribution in [1.29, 1.82) is 0 Å². The van der Waals surface area contributed by atoms with Gasteiger partial charge in [0.15, 0.2) is 0 Å². The summed E-state index contributed by atoms with van der Waals surface area (Å²) in [6.45, 7) is 1.53. The summed E-state index contributed by atoms with van der Waals surface area (Å²) in [6.07, 6.45) is 2.79. The lowest BCUT2D eigenvalue weighted by Gasteiger charge is -1.99. The number of ether oxygens (including phenoxy) is 2. The number of hydrogen-bond donors (Lipinski definition) is 0. The van der Waals surface area contributed by atoms with Crippen LogP contribution in [0.1, 0.15) is 12.5 Å². The lowest BCUT2D eigenvalue weighted by molar-refractivity contribution is -0.149. The second-order valence-corrected chi connectivity index (χ2v) is 2.88. The summed E-state index contributed by atoms with van der Waals surface area (Å²) in [4.78, 5) is 25.0. The number of hydrogen-bond acceptors (Lipinski definition) is 5. The minimum Gasteiger partial charge on any atom is -0.472 e. The monoisotopic (exact) mass is 238 g/mol. The normalized spacial score (nSPS) is 9.24. The molecule has 0 N–H and O–H groups in total. The molecule has 1 aromatic heterocycles. The van der Waals surface area contributed by atoms with E-state index in [9.17, 15) is 9.59 Å². The highest BCUT2D eigenvalue weighted by Gasteiger charge is 2.33. The molecule has 1 rings (SSSR count). The highest BCUT2D eigenvalue weighted by atomic mass is 16.6. The molecule has 90 valence electrons. The molecule has 0 aliphatic heterocycles. The Morgan fingerprint density at radius 3 is 2.65 bits per heavy atom. The zero-order chi connectivity index (χ0) is 12.7. The third-order valence-corrected chi connectivity index (χ3v) is 1.71. The number of carbonyl (C=O) groups is 2. The van der Waals surface area contributed by atoms with Crippen LogP contribution < -0.4 is 0 Å². The fourth-order valence-electron chi connectivity index (χ4n) is 0.956. The number of esters is 2. The van der Waals surface area contributed by atoms with E-state index in [1.54, 1.807) is 13.0 Å². The maximum absolute atomic E-state index is 11.3. The van der Waals surface area contributed by atoms with Crippen LogP contribution >= 0.6 is 0 Å². The van der Waals surface area contributed by atoms with E-state index in [0.29, 0.717) is 5.56 Å². The van der Waals surface area contributed by atoms with Gasteiger partial charge in [-0.05, 0) is 13.0 Å². The first kappa shape index (κ1) is 12.7. The molecule has 0 aliphatic rings. The van der Waals surface area contributed by atoms with Gasteiger partial charge in [0, 0.05) is 5.56 Å². The zero-order valence-corrected chi connectivity index (χ0v) is 9.08. The molecule has 1 aromatic rings. The van der Waals surface area contributed by atoms with Gasteiger partial charge in [0.05, 0.1) is 19.1 Å². The highest BCUT2D eigenvalue weighted by Crippen LogP contribution is 2.02. The van der Waals surface area contributed by atoms with E-state index in [4.69, 9.17) is 14.7 Å². The third kappa shape index (κ3) is 3.58. The first-order chi connectivity index (χ1) is 8.19. The molecular weight excluding hydrogens is 228 g/mol. The Labute approximate surface area is 96.5 Å². The van der Waals surface area contributed by atoms with Crippen molar-refractivity contribution >= 4 is 17.7 Å². The van der Waals surface area contributed by atoms with E-state index in [1.165, 1.54) is 12.5 Å². The Hall–Kier alpha value is -2.40. The number of carbonyl (C=O) groups excluding carboxylic acids is 2. The average Bonchev–Trinajstić information content (AvgIpc) is 2.80.